The monoisotopic (exact) mass is 414 g/mol. The molecule has 1 aliphatic rings. The predicted molar refractivity (Wildman–Crippen MR) is 105 cm³/mol. The number of hydrogen-bond donors (Lipinski definition) is 0. The molecule has 8 heteroatoms. The van der Waals surface area contributed by atoms with E-state index in [4.69, 9.17) is 30.2 Å². The zero-order valence-electron chi connectivity index (χ0n) is 16.0. The van der Waals surface area contributed by atoms with Crippen LogP contribution in [0.3, 0.4) is 0 Å². The highest BCUT2D eigenvalue weighted by Gasteiger charge is 2.39. The van der Waals surface area contributed by atoms with Crippen LogP contribution >= 0.6 is 11.6 Å². The quantitative estimate of drug-likeness (QED) is 0.506. The van der Waals surface area contributed by atoms with Crippen molar-refractivity contribution in [2.45, 2.75) is 6.92 Å². The predicted octanol–water partition coefficient (Wildman–Crippen LogP) is 3.56. The molecule has 29 heavy (non-hydrogen) atoms. The first kappa shape index (κ1) is 19.0. The summed E-state index contributed by atoms with van der Waals surface area (Å²) in [5.74, 6) is -0.323. The van der Waals surface area contributed by atoms with E-state index in [1.807, 2.05) is 0 Å². The highest BCUT2D eigenvalue weighted by Crippen LogP contribution is 2.45. The van der Waals surface area contributed by atoms with Gasteiger partial charge < -0.3 is 18.6 Å². The first-order valence-electron chi connectivity index (χ1n) is 8.53. The molecule has 0 unspecified atom stereocenters. The molecule has 0 radical (unpaired) electrons. The van der Waals surface area contributed by atoms with Crippen LogP contribution in [0.5, 0.6) is 17.2 Å². The third-order valence-electron chi connectivity index (χ3n) is 4.87. The van der Waals surface area contributed by atoms with E-state index in [-0.39, 0.29) is 60.9 Å². The van der Waals surface area contributed by atoms with Gasteiger partial charge in [0.2, 0.25) is 5.78 Å². The highest BCUT2D eigenvalue weighted by molar-refractivity contribution is 6.41. The third-order valence-corrected chi connectivity index (χ3v) is 5.24. The molecule has 0 saturated heterocycles. The maximum Gasteiger partial charge on any atom is 0.202 e. The van der Waals surface area contributed by atoms with E-state index in [0.717, 1.165) is 0 Å². The number of carbonyl (C=O) groups is 2. The summed E-state index contributed by atoms with van der Waals surface area (Å²) >= 11 is 6.37. The van der Waals surface area contributed by atoms with Crippen LogP contribution in [0, 0.1) is 6.92 Å². The topological polar surface area (TPSA) is 92.0 Å². The zero-order chi connectivity index (χ0) is 21.0. The molecule has 1 aliphatic carbocycles. The van der Waals surface area contributed by atoms with Crippen LogP contribution in [-0.4, -0.2) is 32.9 Å². The molecule has 0 atom stereocenters. The van der Waals surface area contributed by atoms with E-state index in [9.17, 15) is 14.4 Å². The molecular formula is C21H15ClO7. The van der Waals surface area contributed by atoms with Gasteiger partial charge in [-0.1, -0.05) is 11.6 Å². The molecule has 3 aromatic rings. The summed E-state index contributed by atoms with van der Waals surface area (Å²) in [7, 11) is 4.12. The molecule has 0 N–H and O–H groups in total. The lowest BCUT2D eigenvalue weighted by Crippen LogP contribution is -2.24. The molecule has 0 amide bonds. The van der Waals surface area contributed by atoms with Crippen LogP contribution in [0.4, 0.5) is 0 Å². The molecule has 2 aromatic carbocycles. The minimum absolute atomic E-state index is 0.00272. The molecule has 0 saturated carbocycles. The molecule has 0 spiro atoms. The number of fused-ring (bicyclic) bond motifs is 4. The lowest BCUT2D eigenvalue weighted by atomic mass is 9.82. The molecular weight excluding hydrogens is 400 g/mol. The van der Waals surface area contributed by atoms with Gasteiger partial charge in [-0.05, 0) is 13.0 Å². The fourth-order valence-corrected chi connectivity index (χ4v) is 3.91. The van der Waals surface area contributed by atoms with Gasteiger partial charge in [0.15, 0.2) is 16.8 Å². The second-order valence-corrected chi connectivity index (χ2v) is 6.81. The first-order valence-corrected chi connectivity index (χ1v) is 8.91. The fourth-order valence-electron chi connectivity index (χ4n) is 3.60. The number of rotatable bonds is 3. The average molecular weight is 415 g/mol. The largest absolute Gasteiger partial charge is 0.496 e. The Hall–Kier alpha value is -3.32. The van der Waals surface area contributed by atoms with Crippen molar-refractivity contribution < 1.29 is 28.2 Å². The Balaban J connectivity index is 2.19. The molecule has 0 aliphatic heterocycles. The van der Waals surface area contributed by atoms with Gasteiger partial charge in [-0.3, -0.25) is 14.4 Å². The number of aryl methyl sites for hydroxylation is 1. The number of ether oxygens (including phenoxy) is 3. The van der Waals surface area contributed by atoms with Crippen LogP contribution in [0.25, 0.3) is 11.0 Å². The molecule has 4 rings (SSSR count). The van der Waals surface area contributed by atoms with Crippen LogP contribution in [0.1, 0.15) is 37.6 Å². The smallest absolute Gasteiger partial charge is 0.202 e. The van der Waals surface area contributed by atoms with Crippen LogP contribution in [0.15, 0.2) is 27.4 Å². The summed E-state index contributed by atoms with van der Waals surface area (Å²) in [6.45, 7) is 1.58. The molecule has 1 heterocycles. The Bertz CT molecular complexity index is 1290. The van der Waals surface area contributed by atoms with Gasteiger partial charge in [0.05, 0.1) is 43.0 Å². The molecule has 0 bridgehead atoms. The van der Waals surface area contributed by atoms with Crippen molar-refractivity contribution in [3.05, 3.63) is 61.5 Å². The number of benzene rings is 2. The van der Waals surface area contributed by atoms with Crippen molar-refractivity contribution in [1.82, 2.24) is 0 Å². The number of carbonyl (C=O) groups excluding carboxylic acids is 2. The highest BCUT2D eigenvalue weighted by atomic mass is 35.5. The average Bonchev–Trinajstić information content (AvgIpc) is 2.70. The Kier molecular flexibility index (Phi) is 4.35. The van der Waals surface area contributed by atoms with Crippen LogP contribution < -0.4 is 19.6 Å². The van der Waals surface area contributed by atoms with E-state index in [1.165, 1.54) is 39.5 Å². The van der Waals surface area contributed by atoms with Crippen molar-refractivity contribution in [2.75, 3.05) is 21.3 Å². The van der Waals surface area contributed by atoms with Gasteiger partial charge in [-0.25, -0.2) is 0 Å². The lowest BCUT2D eigenvalue weighted by molar-refractivity contribution is 0.0976. The van der Waals surface area contributed by atoms with Gasteiger partial charge in [0.25, 0.3) is 0 Å². The minimum atomic E-state index is -0.544. The van der Waals surface area contributed by atoms with Gasteiger partial charge >= 0.3 is 0 Å². The van der Waals surface area contributed by atoms with E-state index in [2.05, 4.69) is 0 Å². The van der Waals surface area contributed by atoms with Crippen molar-refractivity contribution in [1.29, 1.82) is 0 Å². The summed E-state index contributed by atoms with van der Waals surface area (Å²) in [6, 6.07) is 4.09. The Morgan fingerprint density at radius 2 is 1.45 bits per heavy atom. The molecule has 7 nitrogen and oxygen atoms in total. The third kappa shape index (κ3) is 2.54. The Labute approximate surface area is 169 Å². The first-order chi connectivity index (χ1) is 13.8. The summed E-state index contributed by atoms with van der Waals surface area (Å²) in [5.41, 5.74) is -0.434. The molecule has 1 aromatic heterocycles. The van der Waals surface area contributed by atoms with Crippen LogP contribution in [0.2, 0.25) is 5.02 Å². The number of hydrogen-bond acceptors (Lipinski definition) is 7. The van der Waals surface area contributed by atoms with Gasteiger partial charge in [-0.15, -0.1) is 0 Å². The zero-order valence-corrected chi connectivity index (χ0v) is 16.7. The standard InChI is InChI=1S/C21H15ClO7/c1-8-5-10(23)15-11(26-2)6-9-14(21(15)29-8)20(25)16-12(27-3)7-13(28-4)18(22)17(16)19(9)24/h5-7H,1-4H3. The second kappa shape index (κ2) is 6.63. The molecule has 148 valence electrons. The normalized spacial score (nSPS) is 12.6. The maximum atomic E-state index is 13.5. The molecule has 0 fully saturated rings. The van der Waals surface area contributed by atoms with E-state index in [1.54, 1.807) is 6.92 Å². The second-order valence-electron chi connectivity index (χ2n) is 6.43. The fraction of sp³-hybridized carbons (Fsp3) is 0.190. The minimum Gasteiger partial charge on any atom is -0.496 e. The Morgan fingerprint density at radius 1 is 0.793 bits per heavy atom. The Morgan fingerprint density at radius 3 is 2.07 bits per heavy atom. The maximum absolute atomic E-state index is 13.5. The summed E-state index contributed by atoms with van der Waals surface area (Å²) in [4.78, 5) is 39.4. The lowest BCUT2D eigenvalue weighted by Gasteiger charge is -2.23. The van der Waals surface area contributed by atoms with Gasteiger partial charge in [-0.2, -0.15) is 0 Å². The number of ketones is 2. The van der Waals surface area contributed by atoms with Gasteiger partial charge in [0.1, 0.15) is 28.4 Å². The summed E-state index contributed by atoms with van der Waals surface area (Å²) in [5, 5.41) is 0.0806. The van der Waals surface area contributed by atoms with Gasteiger partial charge in [0, 0.05) is 17.7 Å². The summed E-state index contributed by atoms with van der Waals surface area (Å²) < 4.78 is 21.5. The van der Waals surface area contributed by atoms with E-state index >= 15 is 0 Å². The summed E-state index contributed by atoms with van der Waals surface area (Å²) in [6.07, 6.45) is 0. The number of halogens is 1. The SMILES string of the molecule is COc1cc(OC)c2c(c1Cl)C(=O)c1cc(OC)c3c(=O)cc(C)oc3c1C2=O. The van der Waals surface area contributed by atoms with Crippen molar-refractivity contribution >= 4 is 34.1 Å². The van der Waals surface area contributed by atoms with E-state index in [0.29, 0.717) is 5.76 Å². The van der Waals surface area contributed by atoms with Crippen molar-refractivity contribution in [3.8, 4) is 17.2 Å². The van der Waals surface area contributed by atoms with Crippen molar-refractivity contribution in [2.24, 2.45) is 0 Å². The van der Waals surface area contributed by atoms with Crippen molar-refractivity contribution in [3.63, 3.8) is 0 Å². The van der Waals surface area contributed by atoms with Crippen LogP contribution in [-0.2, 0) is 0 Å². The number of methoxy groups -OCH3 is 3. The van der Waals surface area contributed by atoms with E-state index < -0.39 is 11.6 Å².